The summed E-state index contributed by atoms with van der Waals surface area (Å²) < 4.78 is 55.2. The maximum atomic E-state index is 15.5. The lowest BCUT2D eigenvalue weighted by Gasteiger charge is -2.61. The second kappa shape index (κ2) is 6.66. The predicted molar refractivity (Wildman–Crippen MR) is 108 cm³/mol. The number of carbonyl (C=O) groups excluding carboxylic acids is 2. The van der Waals surface area contributed by atoms with Crippen LogP contribution in [0.3, 0.4) is 0 Å². The van der Waals surface area contributed by atoms with Crippen LogP contribution in [0, 0.1) is 28.6 Å². The number of alkyl halides is 3. The first-order chi connectivity index (χ1) is 14.8. The minimum Gasteiger partial charge on any atom is -0.393 e. The van der Waals surface area contributed by atoms with Gasteiger partial charge in [0.1, 0.15) is 6.17 Å². The smallest absolute Gasteiger partial charge is 0.299 e. The van der Waals surface area contributed by atoms with E-state index >= 15 is 4.39 Å². The highest BCUT2D eigenvalue weighted by molar-refractivity contribution is 5.93. The minimum absolute atomic E-state index is 0.0843. The Hall–Kier alpha value is -1.25. The number of halogens is 3. The molecule has 0 spiro atoms. The summed E-state index contributed by atoms with van der Waals surface area (Å²) in [7, 11) is 0. The van der Waals surface area contributed by atoms with E-state index in [2.05, 4.69) is 0 Å². The van der Waals surface area contributed by atoms with Crippen molar-refractivity contribution in [3.63, 3.8) is 0 Å². The summed E-state index contributed by atoms with van der Waals surface area (Å²) in [6.45, 7) is 6.84. The molecule has 178 valence electrons. The number of hydrogen-bond acceptors (Lipinski definition) is 5. The molecule has 5 aliphatic rings. The van der Waals surface area contributed by atoms with Gasteiger partial charge in [0.15, 0.2) is 17.2 Å². The van der Waals surface area contributed by atoms with Gasteiger partial charge in [-0.15, -0.1) is 0 Å². The third-order valence-electron chi connectivity index (χ3n) is 9.43. The van der Waals surface area contributed by atoms with E-state index in [0.717, 1.165) is 0 Å². The van der Waals surface area contributed by atoms with E-state index in [9.17, 15) is 23.5 Å². The van der Waals surface area contributed by atoms with Gasteiger partial charge in [0.2, 0.25) is 5.78 Å². The van der Waals surface area contributed by atoms with Crippen LogP contribution in [-0.4, -0.2) is 52.9 Å². The molecule has 0 amide bonds. The Morgan fingerprint density at radius 2 is 1.91 bits per heavy atom. The summed E-state index contributed by atoms with van der Waals surface area (Å²) in [5.41, 5.74) is -3.24. The number of ether oxygens (including phenoxy) is 2. The summed E-state index contributed by atoms with van der Waals surface area (Å²) in [6, 6.07) is 0. The average molecular weight is 457 g/mol. The van der Waals surface area contributed by atoms with Gasteiger partial charge < -0.3 is 14.6 Å². The zero-order valence-corrected chi connectivity index (χ0v) is 18.9. The molecule has 32 heavy (non-hydrogen) atoms. The lowest BCUT2D eigenvalue weighted by molar-refractivity contribution is -0.231. The van der Waals surface area contributed by atoms with Crippen LogP contribution >= 0.6 is 0 Å². The van der Waals surface area contributed by atoms with Crippen molar-refractivity contribution in [2.75, 3.05) is 0 Å². The summed E-state index contributed by atoms with van der Waals surface area (Å²) in [6.07, 6.45) is -3.78. The second-order valence-electron chi connectivity index (χ2n) is 11.4. The number of allylic oxidation sites excluding steroid dienone is 1. The molecule has 1 saturated heterocycles. The molecule has 8 heteroatoms. The molecule has 1 aliphatic heterocycles. The number of Topliss-reactive ketones (excluding diaryl/α,β-unsaturated/α-hetero) is 1. The largest absolute Gasteiger partial charge is 0.393 e. The Balaban J connectivity index is 1.61. The van der Waals surface area contributed by atoms with Gasteiger partial charge in [0, 0.05) is 11.8 Å². The maximum absolute atomic E-state index is 15.5. The summed E-state index contributed by atoms with van der Waals surface area (Å²) in [5, 5.41) is 11.4. The van der Waals surface area contributed by atoms with E-state index in [1.807, 2.05) is 6.92 Å². The Bertz CT molecular complexity index is 902. The van der Waals surface area contributed by atoms with Crippen molar-refractivity contribution >= 4 is 11.6 Å². The number of carbonyl (C=O) groups is 2. The number of aliphatic hydroxyl groups excluding tert-OH is 1. The summed E-state index contributed by atoms with van der Waals surface area (Å²) >= 11 is 0. The third kappa shape index (κ3) is 2.63. The number of aliphatic hydroxyl groups is 1. The summed E-state index contributed by atoms with van der Waals surface area (Å²) in [4.78, 5) is 25.0. The fourth-order valence-electron chi connectivity index (χ4n) is 8.39. The predicted octanol–water partition coefficient (Wildman–Crippen LogP) is 3.77. The molecule has 4 fully saturated rings. The Morgan fingerprint density at radius 1 is 1.22 bits per heavy atom. The van der Waals surface area contributed by atoms with E-state index in [1.165, 1.54) is 6.08 Å². The molecule has 0 bridgehead atoms. The average Bonchev–Trinajstić information content (AvgIpc) is 3.08. The molecule has 1 heterocycles. The highest BCUT2D eigenvalue weighted by Gasteiger charge is 2.78. The van der Waals surface area contributed by atoms with E-state index in [1.54, 1.807) is 20.8 Å². The van der Waals surface area contributed by atoms with E-state index < -0.39 is 52.8 Å². The van der Waals surface area contributed by atoms with E-state index in [0.29, 0.717) is 24.8 Å². The first-order valence-corrected chi connectivity index (χ1v) is 11.5. The van der Waals surface area contributed by atoms with Crippen LogP contribution in [0.25, 0.3) is 0 Å². The van der Waals surface area contributed by atoms with Crippen molar-refractivity contribution in [1.29, 1.82) is 0 Å². The molecule has 0 aromatic rings. The topological polar surface area (TPSA) is 72.8 Å². The molecule has 0 unspecified atom stereocenters. The minimum atomic E-state index is -3.24. The highest BCUT2D eigenvalue weighted by Crippen LogP contribution is 2.71. The van der Waals surface area contributed by atoms with Gasteiger partial charge in [0.25, 0.3) is 6.43 Å². The van der Waals surface area contributed by atoms with Crippen LogP contribution in [0.4, 0.5) is 13.2 Å². The van der Waals surface area contributed by atoms with Crippen LogP contribution in [0.1, 0.15) is 59.8 Å². The molecule has 9 atom stereocenters. The molecule has 0 aromatic heterocycles. The lowest BCUT2D eigenvalue weighted by Crippen LogP contribution is -2.65. The van der Waals surface area contributed by atoms with Crippen LogP contribution < -0.4 is 0 Å². The molecular weight excluding hydrogens is 425 g/mol. The Morgan fingerprint density at radius 3 is 2.56 bits per heavy atom. The standard InChI is InChI=1S/C24H31F3O5/c1-21(2)31-17-9-13-12-8-15(25)14-7-11(28)5-6-22(14,3)18(12)16(29)10-23(13,4)24(17,32-21)19(30)20(26)27/h7,12-13,15-18,20,29H,5-6,8-10H2,1-4H3/t12-,13-,15-,16-,17+,18+,22-,23-,24-/m0/s1. The SMILES string of the molecule is CC1(C)O[C@@H]2C[C@H]3[C@@H]4C[C@H](F)C5=CC(=O)CC[C@]5(C)[C@H]4[C@@H](O)C[C@]3(C)[C@]2(C(=O)C(F)F)O1. The Labute approximate surface area is 185 Å². The lowest BCUT2D eigenvalue weighted by atomic mass is 9.45. The Kier molecular flexibility index (Phi) is 4.69. The van der Waals surface area contributed by atoms with Crippen molar-refractivity contribution in [3.05, 3.63) is 11.6 Å². The molecule has 1 N–H and O–H groups in total. The van der Waals surface area contributed by atoms with Gasteiger partial charge in [-0.05, 0) is 74.3 Å². The summed E-state index contributed by atoms with van der Waals surface area (Å²) in [5.74, 6) is -3.61. The van der Waals surface area contributed by atoms with E-state index in [4.69, 9.17) is 9.47 Å². The number of fused-ring (bicyclic) bond motifs is 7. The van der Waals surface area contributed by atoms with Gasteiger partial charge in [-0.25, -0.2) is 13.2 Å². The molecule has 3 saturated carbocycles. The fourth-order valence-corrected chi connectivity index (χ4v) is 8.39. The van der Waals surface area contributed by atoms with Crippen molar-refractivity contribution < 1.29 is 37.3 Å². The number of ketones is 2. The van der Waals surface area contributed by atoms with Crippen LogP contribution in [-0.2, 0) is 19.1 Å². The fraction of sp³-hybridized carbons (Fsp3) is 0.833. The molecule has 5 nitrogen and oxygen atoms in total. The number of rotatable bonds is 2. The monoisotopic (exact) mass is 456 g/mol. The van der Waals surface area contributed by atoms with E-state index in [-0.39, 0.29) is 36.4 Å². The van der Waals surface area contributed by atoms with Crippen molar-refractivity contribution in [2.45, 2.75) is 96.0 Å². The molecule has 5 rings (SSSR count). The molecular formula is C24H31F3O5. The first kappa shape index (κ1) is 22.5. The first-order valence-electron chi connectivity index (χ1n) is 11.5. The van der Waals surface area contributed by atoms with Crippen LogP contribution in [0.5, 0.6) is 0 Å². The van der Waals surface area contributed by atoms with Gasteiger partial charge in [-0.2, -0.15) is 0 Å². The normalized spacial score (nSPS) is 51.5. The van der Waals surface area contributed by atoms with Crippen LogP contribution in [0.2, 0.25) is 0 Å². The molecule has 4 aliphatic carbocycles. The van der Waals surface area contributed by atoms with Crippen molar-refractivity contribution in [2.24, 2.45) is 28.6 Å². The zero-order chi connectivity index (χ0) is 23.4. The molecule has 0 aromatic carbocycles. The third-order valence-corrected chi connectivity index (χ3v) is 9.43. The van der Waals surface area contributed by atoms with Gasteiger partial charge in [-0.3, -0.25) is 9.59 Å². The van der Waals surface area contributed by atoms with Gasteiger partial charge in [0.05, 0.1) is 12.2 Å². The molecule has 0 radical (unpaired) electrons. The second-order valence-corrected chi connectivity index (χ2v) is 11.4. The van der Waals surface area contributed by atoms with Crippen molar-refractivity contribution in [3.8, 4) is 0 Å². The quantitative estimate of drug-likeness (QED) is 0.685. The number of hydrogen-bond donors (Lipinski definition) is 1. The zero-order valence-electron chi connectivity index (χ0n) is 18.9. The van der Waals surface area contributed by atoms with Crippen LogP contribution in [0.15, 0.2) is 11.6 Å². The highest BCUT2D eigenvalue weighted by atomic mass is 19.3. The van der Waals surface area contributed by atoms with Gasteiger partial charge >= 0.3 is 0 Å². The maximum Gasteiger partial charge on any atom is 0.299 e. The van der Waals surface area contributed by atoms with Gasteiger partial charge in [-0.1, -0.05) is 13.8 Å². The van der Waals surface area contributed by atoms with Crippen molar-refractivity contribution in [1.82, 2.24) is 0 Å².